The van der Waals surface area contributed by atoms with Gasteiger partial charge in [-0.05, 0) is 81.7 Å². The van der Waals surface area contributed by atoms with Crippen molar-refractivity contribution in [1.29, 1.82) is 0 Å². The van der Waals surface area contributed by atoms with Gasteiger partial charge in [0.05, 0.1) is 10.9 Å². The number of hydrogen-bond acceptors (Lipinski definition) is 3. The van der Waals surface area contributed by atoms with E-state index in [0.29, 0.717) is 0 Å². The van der Waals surface area contributed by atoms with Crippen LogP contribution in [-0.2, 0) is 20.4 Å². The molecule has 4 rings (SSSR count). The largest absolute Gasteiger partial charge is 0.481 e. The zero-order chi connectivity index (χ0) is 24.0. The van der Waals surface area contributed by atoms with E-state index in [1.54, 1.807) is 0 Å². The van der Waals surface area contributed by atoms with Crippen LogP contribution < -0.4 is 4.74 Å². The minimum Gasteiger partial charge on any atom is -0.481 e. The first kappa shape index (κ1) is 24.7. The lowest BCUT2D eigenvalue weighted by Crippen LogP contribution is -2.38. The molecule has 0 saturated heterocycles. The third kappa shape index (κ3) is 5.78. The second-order valence-corrected chi connectivity index (χ2v) is 11.5. The van der Waals surface area contributed by atoms with Crippen molar-refractivity contribution < 1.29 is 14.3 Å². The molecule has 0 N–H and O–H groups in total. The van der Waals surface area contributed by atoms with Gasteiger partial charge in [0.25, 0.3) is 0 Å². The Balaban J connectivity index is 1.52. The van der Waals surface area contributed by atoms with E-state index >= 15 is 0 Å². The van der Waals surface area contributed by atoms with Gasteiger partial charge in [0.15, 0.2) is 16.4 Å². The number of rotatable bonds is 8. The van der Waals surface area contributed by atoms with Gasteiger partial charge in [-0.2, -0.15) is 0 Å². The molecule has 0 amide bonds. The number of carbonyl (C=O) groups is 1. The lowest BCUT2D eigenvalue weighted by Gasteiger charge is -2.35. The van der Waals surface area contributed by atoms with Crippen LogP contribution in [0.15, 0.2) is 75.4 Å². The fourth-order valence-corrected chi connectivity index (χ4v) is 7.56. The lowest BCUT2D eigenvalue weighted by atomic mass is 9.83. The van der Waals surface area contributed by atoms with Crippen molar-refractivity contribution in [2.45, 2.75) is 87.5 Å². The Morgan fingerprint density at radius 3 is 2.32 bits per heavy atom. The summed E-state index contributed by atoms with van der Waals surface area (Å²) in [6.45, 7) is 6.23. The van der Waals surface area contributed by atoms with Crippen molar-refractivity contribution >= 4 is 16.9 Å². The maximum absolute atomic E-state index is 12.7. The predicted molar refractivity (Wildman–Crippen MR) is 140 cm³/mol. The average molecular weight is 478 g/mol. The summed E-state index contributed by atoms with van der Waals surface area (Å²) in [4.78, 5) is 16.8. The molecule has 180 valence electrons. The van der Waals surface area contributed by atoms with Crippen molar-refractivity contribution in [2.24, 2.45) is 0 Å². The van der Waals surface area contributed by atoms with Crippen LogP contribution in [0.25, 0.3) is 0 Å². The SMILES string of the molecule is CCC1(OC(=O)COc2c(C)cc([S+](C3=CC=CCC3)c3ccccc3)cc2C)CCCCC1. The molecule has 1 atom stereocenters. The standard InChI is InChI=1S/C30H37O3S/c1-4-30(18-12-7-13-19-30)33-28(31)22-32-29-23(2)20-27(21-24(29)3)34(25-14-8-5-9-15-25)26-16-10-6-11-17-26/h5-6,8-10,14-16,20-21H,4,7,11-13,17-19,22H2,1-3H3/q+1. The summed E-state index contributed by atoms with van der Waals surface area (Å²) in [6.07, 6.45) is 15.2. The Bertz CT molecular complexity index is 1020. The molecular formula is C30H37O3S+. The summed E-state index contributed by atoms with van der Waals surface area (Å²) < 4.78 is 12.0. The summed E-state index contributed by atoms with van der Waals surface area (Å²) in [7, 11) is -0.128. The molecule has 3 nitrogen and oxygen atoms in total. The van der Waals surface area contributed by atoms with E-state index in [9.17, 15) is 4.79 Å². The normalized spacial score (nSPS) is 18.1. The van der Waals surface area contributed by atoms with E-state index in [1.807, 2.05) is 0 Å². The molecule has 0 heterocycles. The summed E-state index contributed by atoms with van der Waals surface area (Å²) in [5.41, 5.74) is 1.83. The van der Waals surface area contributed by atoms with Crippen molar-refractivity contribution in [3.63, 3.8) is 0 Å². The molecule has 2 aromatic carbocycles. The van der Waals surface area contributed by atoms with Crippen molar-refractivity contribution in [2.75, 3.05) is 6.61 Å². The van der Waals surface area contributed by atoms with Crippen LogP contribution in [0.3, 0.4) is 0 Å². The molecule has 1 saturated carbocycles. The molecule has 0 aromatic heterocycles. The third-order valence-corrected chi connectivity index (χ3v) is 9.28. The minimum atomic E-state index is -0.293. The van der Waals surface area contributed by atoms with E-state index in [-0.39, 0.29) is 29.1 Å². The lowest BCUT2D eigenvalue weighted by molar-refractivity contribution is -0.166. The maximum atomic E-state index is 12.7. The van der Waals surface area contributed by atoms with Crippen LogP contribution in [0.1, 0.15) is 69.4 Å². The molecule has 0 radical (unpaired) electrons. The van der Waals surface area contributed by atoms with Gasteiger partial charge in [-0.3, -0.25) is 0 Å². The Hall–Kier alpha value is -2.46. The summed E-state index contributed by atoms with van der Waals surface area (Å²) in [6, 6.07) is 15.2. The second kappa shape index (κ2) is 11.3. The smallest absolute Gasteiger partial charge is 0.344 e. The molecular weight excluding hydrogens is 440 g/mol. The predicted octanol–water partition coefficient (Wildman–Crippen LogP) is 7.61. The minimum absolute atomic E-state index is 0.0386. The fraction of sp³-hybridized carbons (Fsp3) is 0.433. The van der Waals surface area contributed by atoms with Gasteiger partial charge in [-0.1, -0.05) is 43.7 Å². The number of benzene rings is 2. The molecule has 34 heavy (non-hydrogen) atoms. The van der Waals surface area contributed by atoms with Gasteiger partial charge in [0.1, 0.15) is 16.3 Å². The summed E-state index contributed by atoms with van der Waals surface area (Å²) >= 11 is 0. The van der Waals surface area contributed by atoms with E-state index in [0.717, 1.165) is 61.8 Å². The molecule has 1 fully saturated rings. The van der Waals surface area contributed by atoms with Gasteiger partial charge in [-0.25, -0.2) is 4.79 Å². The molecule has 0 aliphatic heterocycles. The molecule has 2 aliphatic carbocycles. The van der Waals surface area contributed by atoms with Crippen LogP contribution in [-0.4, -0.2) is 18.2 Å². The van der Waals surface area contributed by atoms with Gasteiger partial charge < -0.3 is 9.47 Å². The zero-order valence-corrected chi connectivity index (χ0v) is 21.6. The summed E-state index contributed by atoms with van der Waals surface area (Å²) in [5, 5.41) is 0. The Morgan fingerprint density at radius 2 is 1.71 bits per heavy atom. The Labute approximate surface area is 207 Å². The second-order valence-electron chi connectivity index (χ2n) is 9.47. The summed E-state index contributed by atoms with van der Waals surface area (Å²) in [5.74, 6) is 0.541. The van der Waals surface area contributed by atoms with Crippen LogP contribution >= 0.6 is 0 Å². The van der Waals surface area contributed by atoms with E-state index < -0.39 is 0 Å². The monoisotopic (exact) mass is 477 g/mol. The van der Waals surface area contributed by atoms with Crippen molar-refractivity contribution in [3.8, 4) is 5.75 Å². The van der Waals surface area contributed by atoms with Crippen LogP contribution in [0, 0.1) is 13.8 Å². The zero-order valence-electron chi connectivity index (χ0n) is 20.8. The highest BCUT2D eigenvalue weighted by Crippen LogP contribution is 2.38. The molecule has 0 spiro atoms. The fourth-order valence-electron chi connectivity index (χ4n) is 5.13. The topological polar surface area (TPSA) is 35.5 Å². The Morgan fingerprint density at radius 1 is 1.00 bits per heavy atom. The van der Waals surface area contributed by atoms with Crippen molar-refractivity contribution in [3.05, 3.63) is 76.7 Å². The van der Waals surface area contributed by atoms with Crippen LogP contribution in [0.2, 0.25) is 0 Å². The highest BCUT2D eigenvalue weighted by atomic mass is 32.2. The Kier molecular flexibility index (Phi) is 8.20. The van der Waals surface area contributed by atoms with Gasteiger partial charge >= 0.3 is 5.97 Å². The molecule has 2 aliphatic rings. The quantitative estimate of drug-likeness (QED) is 0.290. The first-order valence-electron chi connectivity index (χ1n) is 12.6. The number of aryl methyl sites for hydroxylation is 2. The number of esters is 1. The average Bonchev–Trinajstić information content (AvgIpc) is 2.85. The highest BCUT2D eigenvalue weighted by Gasteiger charge is 2.35. The first-order chi connectivity index (χ1) is 16.5. The molecule has 1 unspecified atom stereocenters. The van der Waals surface area contributed by atoms with Crippen LogP contribution in [0.4, 0.5) is 0 Å². The number of allylic oxidation sites excluding steroid dienone is 4. The van der Waals surface area contributed by atoms with Crippen molar-refractivity contribution in [1.82, 2.24) is 0 Å². The number of hydrogen-bond donors (Lipinski definition) is 0. The molecule has 4 heteroatoms. The van der Waals surface area contributed by atoms with Gasteiger partial charge in [-0.15, -0.1) is 0 Å². The number of ether oxygens (including phenoxy) is 2. The maximum Gasteiger partial charge on any atom is 0.344 e. The van der Waals surface area contributed by atoms with Crippen LogP contribution in [0.5, 0.6) is 5.75 Å². The van der Waals surface area contributed by atoms with Gasteiger partial charge in [0, 0.05) is 18.6 Å². The highest BCUT2D eigenvalue weighted by molar-refractivity contribution is 8.00. The van der Waals surface area contributed by atoms with E-state index in [2.05, 4.69) is 81.5 Å². The van der Waals surface area contributed by atoms with Gasteiger partial charge in [0.2, 0.25) is 0 Å². The third-order valence-electron chi connectivity index (χ3n) is 6.96. The number of carbonyl (C=O) groups excluding carboxylic acids is 1. The van der Waals surface area contributed by atoms with E-state index in [1.165, 1.54) is 21.1 Å². The molecule has 0 bridgehead atoms. The van der Waals surface area contributed by atoms with E-state index in [4.69, 9.17) is 9.47 Å². The molecule has 2 aromatic rings. The first-order valence-corrected chi connectivity index (χ1v) is 13.8.